The summed E-state index contributed by atoms with van der Waals surface area (Å²) in [5.74, 6) is -0.224. The van der Waals surface area contributed by atoms with Gasteiger partial charge in [0.15, 0.2) is 8.32 Å². The van der Waals surface area contributed by atoms with Gasteiger partial charge in [0, 0.05) is 0 Å². The van der Waals surface area contributed by atoms with Crippen molar-refractivity contribution in [2.45, 2.75) is 70.9 Å². The van der Waals surface area contributed by atoms with Crippen LogP contribution < -0.4 is 0 Å². The van der Waals surface area contributed by atoms with Gasteiger partial charge in [-0.25, -0.2) is 0 Å². The highest BCUT2D eigenvalue weighted by molar-refractivity contribution is 9.09. The molecule has 2 atom stereocenters. The summed E-state index contributed by atoms with van der Waals surface area (Å²) < 4.78 is 11.5. The van der Waals surface area contributed by atoms with Crippen molar-refractivity contribution in [2.75, 3.05) is 5.33 Å². The van der Waals surface area contributed by atoms with Gasteiger partial charge in [0.1, 0.15) is 5.33 Å². The summed E-state index contributed by atoms with van der Waals surface area (Å²) in [5.41, 5.74) is 0. The van der Waals surface area contributed by atoms with Crippen molar-refractivity contribution in [1.82, 2.24) is 0 Å². The van der Waals surface area contributed by atoms with E-state index in [9.17, 15) is 4.79 Å². The van der Waals surface area contributed by atoms with Crippen LogP contribution in [0, 0.1) is 0 Å². The van der Waals surface area contributed by atoms with E-state index in [2.05, 4.69) is 56.4 Å². The van der Waals surface area contributed by atoms with E-state index in [1.54, 1.807) is 0 Å². The van der Waals surface area contributed by atoms with E-state index in [1.165, 1.54) is 0 Å². The van der Waals surface area contributed by atoms with Gasteiger partial charge in [0.25, 0.3) is 0 Å². The predicted octanol–water partition coefficient (Wildman–Crippen LogP) is 4.67. The third-order valence-corrected chi connectivity index (χ3v) is 8.78. The lowest BCUT2D eigenvalue weighted by atomic mass is 10.1. The van der Waals surface area contributed by atoms with E-state index < -0.39 is 8.32 Å². The Labute approximate surface area is 133 Å². The molecule has 0 aliphatic rings. The zero-order valence-electron chi connectivity index (χ0n) is 13.7. The Bertz CT molecular complexity index is 324. The van der Waals surface area contributed by atoms with Crippen LogP contribution >= 0.6 is 15.9 Å². The molecule has 118 valence electrons. The van der Waals surface area contributed by atoms with Gasteiger partial charge in [0.05, 0.1) is 12.2 Å². The lowest BCUT2D eigenvalue weighted by Gasteiger charge is -2.38. The summed E-state index contributed by atoms with van der Waals surface area (Å²) in [6.45, 7) is 16.9. The summed E-state index contributed by atoms with van der Waals surface area (Å²) >= 11 is 3.09. The second-order valence-corrected chi connectivity index (χ2v) is 12.0. The lowest BCUT2D eigenvalue weighted by molar-refractivity contribution is -0.145. The third-order valence-electron chi connectivity index (χ3n) is 3.81. The Morgan fingerprint density at radius 1 is 1.35 bits per heavy atom. The van der Waals surface area contributed by atoms with Crippen molar-refractivity contribution >= 4 is 30.2 Å². The number of carbonyl (C=O) groups excluding carboxylic acids is 1. The highest BCUT2D eigenvalue weighted by atomic mass is 79.9. The van der Waals surface area contributed by atoms with Crippen molar-refractivity contribution in [2.24, 2.45) is 0 Å². The van der Waals surface area contributed by atoms with E-state index >= 15 is 0 Å². The van der Waals surface area contributed by atoms with Crippen LogP contribution in [0.25, 0.3) is 0 Å². The van der Waals surface area contributed by atoms with Crippen LogP contribution in [-0.4, -0.2) is 31.8 Å². The number of hydrogen-bond acceptors (Lipinski definition) is 3. The molecule has 0 amide bonds. The fraction of sp³-hybridized carbons (Fsp3) is 0.800. The third kappa shape index (κ3) is 7.04. The maximum atomic E-state index is 11.2. The first kappa shape index (κ1) is 19.9. The molecule has 0 radical (unpaired) electrons. The Balaban J connectivity index is 4.37. The average molecular weight is 365 g/mol. The second-order valence-electron chi connectivity index (χ2n) is 6.66. The van der Waals surface area contributed by atoms with Crippen LogP contribution in [-0.2, 0) is 14.0 Å². The molecule has 1 unspecified atom stereocenters. The summed E-state index contributed by atoms with van der Waals surface area (Å²) in [6, 6.07) is 0. The number of esters is 1. The van der Waals surface area contributed by atoms with E-state index in [0.717, 1.165) is 12.8 Å². The Kier molecular flexibility index (Phi) is 8.29. The van der Waals surface area contributed by atoms with Crippen LogP contribution in [0.2, 0.25) is 18.1 Å². The molecule has 0 saturated heterocycles. The summed E-state index contributed by atoms with van der Waals surface area (Å²) in [4.78, 5) is 11.2. The SMILES string of the molecule is C=CC(CC[C@@H](C)OC(=O)CBr)O[Si](C)(C)C(C)(C)C. The predicted molar refractivity (Wildman–Crippen MR) is 90.8 cm³/mol. The molecule has 3 nitrogen and oxygen atoms in total. The largest absolute Gasteiger partial charge is 0.462 e. The maximum absolute atomic E-state index is 11.2. The summed E-state index contributed by atoms with van der Waals surface area (Å²) in [7, 11) is -1.79. The smallest absolute Gasteiger partial charge is 0.316 e. The molecule has 0 aromatic carbocycles. The molecule has 0 aromatic rings. The quantitative estimate of drug-likeness (QED) is 0.271. The van der Waals surface area contributed by atoms with Crippen molar-refractivity contribution in [3.05, 3.63) is 12.7 Å². The van der Waals surface area contributed by atoms with E-state index in [-0.39, 0.29) is 28.5 Å². The highest BCUT2D eigenvalue weighted by Gasteiger charge is 2.38. The fourth-order valence-electron chi connectivity index (χ4n) is 1.49. The minimum absolute atomic E-state index is 0.0287. The first-order valence-electron chi connectivity index (χ1n) is 7.09. The molecule has 0 saturated carbocycles. The molecular weight excluding hydrogens is 336 g/mol. The molecule has 0 bridgehead atoms. The van der Waals surface area contributed by atoms with Gasteiger partial charge < -0.3 is 9.16 Å². The molecule has 0 aliphatic carbocycles. The van der Waals surface area contributed by atoms with Gasteiger partial charge >= 0.3 is 5.97 Å². The summed E-state index contributed by atoms with van der Waals surface area (Å²) in [6.07, 6.45) is 3.41. The first-order valence-corrected chi connectivity index (χ1v) is 11.1. The van der Waals surface area contributed by atoms with Crippen LogP contribution in [0.3, 0.4) is 0 Å². The molecule has 0 fully saturated rings. The molecule has 0 N–H and O–H groups in total. The van der Waals surface area contributed by atoms with Crippen LogP contribution in [0.5, 0.6) is 0 Å². The molecule has 5 heteroatoms. The Morgan fingerprint density at radius 2 is 1.90 bits per heavy atom. The van der Waals surface area contributed by atoms with Crippen molar-refractivity contribution < 1.29 is 14.0 Å². The normalized spacial score (nSPS) is 15.6. The highest BCUT2D eigenvalue weighted by Crippen LogP contribution is 2.37. The van der Waals surface area contributed by atoms with Gasteiger partial charge in [-0.05, 0) is 37.9 Å². The van der Waals surface area contributed by atoms with Crippen LogP contribution in [0.4, 0.5) is 0 Å². The van der Waals surface area contributed by atoms with Gasteiger partial charge in [0.2, 0.25) is 0 Å². The van der Waals surface area contributed by atoms with Crippen LogP contribution in [0.1, 0.15) is 40.5 Å². The minimum atomic E-state index is -1.79. The number of alkyl halides is 1. The molecule has 0 heterocycles. The number of rotatable bonds is 8. The van der Waals surface area contributed by atoms with Gasteiger partial charge in [-0.15, -0.1) is 6.58 Å². The monoisotopic (exact) mass is 364 g/mol. The van der Waals surface area contributed by atoms with Crippen molar-refractivity contribution in [1.29, 1.82) is 0 Å². The second kappa shape index (κ2) is 8.34. The van der Waals surface area contributed by atoms with Gasteiger partial charge in [-0.3, -0.25) is 4.79 Å². The Morgan fingerprint density at radius 3 is 2.30 bits per heavy atom. The maximum Gasteiger partial charge on any atom is 0.316 e. The average Bonchev–Trinajstić information content (AvgIpc) is 2.32. The van der Waals surface area contributed by atoms with E-state index in [1.807, 2.05) is 13.0 Å². The molecule has 0 aromatic heterocycles. The summed E-state index contributed by atoms with van der Waals surface area (Å²) in [5, 5.41) is 0.422. The standard InChI is InChI=1S/C15H29BrO3Si/c1-8-13(19-20(6,7)15(3,4)5)10-9-12(2)18-14(17)11-16/h8,12-13H,1,9-11H2,2-7H3/t12-,13?/m1/s1. The number of halogens is 1. The topological polar surface area (TPSA) is 35.5 Å². The zero-order valence-corrected chi connectivity index (χ0v) is 16.2. The van der Waals surface area contributed by atoms with Gasteiger partial charge in [-0.2, -0.15) is 0 Å². The molecule has 0 rings (SSSR count). The van der Waals surface area contributed by atoms with E-state index in [0.29, 0.717) is 0 Å². The minimum Gasteiger partial charge on any atom is -0.462 e. The molecule has 0 aliphatic heterocycles. The van der Waals surface area contributed by atoms with Gasteiger partial charge in [-0.1, -0.05) is 42.8 Å². The molecule has 0 spiro atoms. The fourth-order valence-corrected chi connectivity index (χ4v) is 2.95. The first-order chi connectivity index (χ1) is 9.03. The lowest BCUT2D eigenvalue weighted by Crippen LogP contribution is -2.43. The number of ether oxygens (including phenoxy) is 1. The number of hydrogen-bond donors (Lipinski definition) is 0. The van der Waals surface area contributed by atoms with Crippen molar-refractivity contribution in [3.63, 3.8) is 0 Å². The number of carbonyl (C=O) groups is 1. The van der Waals surface area contributed by atoms with E-state index in [4.69, 9.17) is 9.16 Å². The molecular formula is C15H29BrO3Si. The van der Waals surface area contributed by atoms with Crippen molar-refractivity contribution in [3.8, 4) is 0 Å². The molecule has 20 heavy (non-hydrogen) atoms. The zero-order chi connectivity index (χ0) is 16.0. The Hall–Kier alpha value is -0.133. The van der Waals surface area contributed by atoms with Crippen LogP contribution in [0.15, 0.2) is 12.7 Å².